The lowest BCUT2D eigenvalue weighted by molar-refractivity contribution is -0.137. The first kappa shape index (κ1) is 16.6. The van der Waals surface area contributed by atoms with Gasteiger partial charge < -0.3 is 20.5 Å². The summed E-state index contributed by atoms with van der Waals surface area (Å²) in [6.45, 7) is 1.29. The molecule has 9 nitrogen and oxygen atoms in total. The largest absolute Gasteiger partial charge is 0.480 e. The second kappa shape index (κ2) is 7.49. The van der Waals surface area contributed by atoms with Crippen LogP contribution in [0.25, 0.3) is 10.2 Å². The van der Waals surface area contributed by atoms with Crippen LogP contribution in [0.1, 0.15) is 17.3 Å². The number of anilines is 1. The monoisotopic (exact) mass is 338 g/mol. The van der Waals surface area contributed by atoms with Gasteiger partial charge in [-0.1, -0.05) is 0 Å². The molecule has 0 aliphatic heterocycles. The van der Waals surface area contributed by atoms with E-state index in [-0.39, 0.29) is 13.2 Å². The molecule has 0 fully saturated rings. The Kier molecular flexibility index (Phi) is 5.41. The van der Waals surface area contributed by atoms with Gasteiger partial charge in [-0.05, 0) is 6.92 Å². The number of rotatable bonds is 7. The molecule has 2 aromatic rings. The molecule has 122 valence electrons. The van der Waals surface area contributed by atoms with Gasteiger partial charge in [-0.3, -0.25) is 9.59 Å². The third kappa shape index (κ3) is 4.13. The first-order chi connectivity index (χ1) is 11.0. The van der Waals surface area contributed by atoms with E-state index < -0.39 is 24.4 Å². The second-order valence-corrected chi connectivity index (χ2v) is 5.15. The first-order valence-corrected chi connectivity index (χ1v) is 7.52. The molecule has 2 heterocycles. The SMILES string of the molecule is CCOC(=O)c1csc2ncnc(NCC(=O)NCC(=O)O)c12. The standard InChI is InChI=1S/C13H14N4O5S/c1-2-22-13(21)7-5-23-12-10(7)11(16-6-17-12)15-3-8(18)14-4-9(19)20/h5-6H,2-4H2,1H3,(H,14,18)(H,19,20)(H,15,16,17). The van der Waals surface area contributed by atoms with E-state index >= 15 is 0 Å². The highest BCUT2D eigenvalue weighted by Gasteiger charge is 2.18. The van der Waals surface area contributed by atoms with Crippen molar-refractivity contribution in [2.24, 2.45) is 0 Å². The number of esters is 1. The van der Waals surface area contributed by atoms with Crippen LogP contribution in [-0.4, -0.2) is 52.6 Å². The minimum Gasteiger partial charge on any atom is -0.480 e. The molecule has 2 rings (SSSR count). The smallest absolute Gasteiger partial charge is 0.339 e. The lowest BCUT2D eigenvalue weighted by Gasteiger charge is -2.08. The fourth-order valence-corrected chi connectivity index (χ4v) is 2.65. The summed E-state index contributed by atoms with van der Waals surface area (Å²) >= 11 is 1.26. The highest BCUT2D eigenvalue weighted by Crippen LogP contribution is 2.29. The minimum absolute atomic E-state index is 0.183. The minimum atomic E-state index is -1.13. The van der Waals surface area contributed by atoms with Crippen molar-refractivity contribution in [2.45, 2.75) is 6.92 Å². The highest BCUT2D eigenvalue weighted by atomic mass is 32.1. The summed E-state index contributed by atoms with van der Waals surface area (Å²) in [6.07, 6.45) is 1.31. The van der Waals surface area contributed by atoms with Crippen LogP contribution in [0.15, 0.2) is 11.7 Å². The Morgan fingerprint density at radius 1 is 1.30 bits per heavy atom. The Bertz CT molecular complexity index is 745. The van der Waals surface area contributed by atoms with Crippen LogP contribution in [-0.2, 0) is 14.3 Å². The predicted octanol–water partition coefficient (Wildman–Crippen LogP) is 0.481. The molecule has 0 spiro atoms. The van der Waals surface area contributed by atoms with E-state index in [0.717, 1.165) is 0 Å². The van der Waals surface area contributed by atoms with Crippen LogP contribution in [0.2, 0.25) is 0 Å². The Balaban J connectivity index is 2.17. The average molecular weight is 338 g/mol. The summed E-state index contributed by atoms with van der Waals surface area (Å²) in [5, 5.41) is 15.6. The topological polar surface area (TPSA) is 131 Å². The summed E-state index contributed by atoms with van der Waals surface area (Å²) in [6, 6.07) is 0. The summed E-state index contributed by atoms with van der Waals surface area (Å²) < 4.78 is 4.98. The summed E-state index contributed by atoms with van der Waals surface area (Å²) in [5.41, 5.74) is 0.320. The van der Waals surface area contributed by atoms with E-state index in [0.29, 0.717) is 21.6 Å². The van der Waals surface area contributed by atoms with Gasteiger partial charge >= 0.3 is 11.9 Å². The molecule has 0 saturated carbocycles. The number of aliphatic carboxylic acids is 1. The molecule has 1 amide bonds. The van der Waals surface area contributed by atoms with Crippen LogP contribution >= 0.6 is 11.3 Å². The predicted molar refractivity (Wildman–Crippen MR) is 82.5 cm³/mol. The number of thiophene rings is 1. The third-order valence-electron chi connectivity index (χ3n) is 2.72. The van der Waals surface area contributed by atoms with Gasteiger partial charge in [0.15, 0.2) is 0 Å². The maximum absolute atomic E-state index is 11.9. The molecule has 0 unspecified atom stereocenters. The molecular weight excluding hydrogens is 324 g/mol. The van der Waals surface area contributed by atoms with Crippen molar-refractivity contribution in [1.29, 1.82) is 0 Å². The Morgan fingerprint density at radius 2 is 2.09 bits per heavy atom. The van der Waals surface area contributed by atoms with Crippen molar-refractivity contribution in [1.82, 2.24) is 15.3 Å². The van der Waals surface area contributed by atoms with Gasteiger partial charge in [0.1, 0.15) is 23.5 Å². The lowest BCUT2D eigenvalue weighted by atomic mass is 10.2. The number of carbonyl (C=O) groups excluding carboxylic acids is 2. The molecule has 0 radical (unpaired) electrons. The van der Waals surface area contributed by atoms with Crippen molar-refractivity contribution >= 4 is 45.2 Å². The van der Waals surface area contributed by atoms with Crippen LogP contribution in [0, 0.1) is 0 Å². The number of carboxylic acids is 1. The van der Waals surface area contributed by atoms with Crippen LogP contribution < -0.4 is 10.6 Å². The number of amides is 1. The number of aromatic nitrogens is 2. The first-order valence-electron chi connectivity index (χ1n) is 6.64. The third-order valence-corrected chi connectivity index (χ3v) is 3.61. The number of carbonyl (C=O) groups is 3. The molecule has 0 aliphatic rings. The zero-order valence-corrected chi connectivity index (χ0v) is 13.0. The van der Waals surface area contributed by atoms with E-state index in [2.05, 4.69) is 20.6 Å². The number of nitrogens with zero attached hydrogens (tertiary/aromatic N) is 2. The molecule has 0 aliphatic carbocycles. The van der Waals surface area contributed by atoms with Crippen LogP contribution in [0.5, 0.6) is 0 Å². The van der Waals surface area contributed by atoms with E-state index in [1.54, 1.807) is 12.3 Å². The Morgan fingerprint density at radius 3 is 2.78 bits per heavy atom. The molecular formula is C13H14N4O5S. The van der Waals surface area contributed by atoms with Gasteiger partial charge in [0.2, 0.25) is 5.91 Å². The van der Waals surface area contributed by atoms with E-state index in [1.165, 1.54) is 17.7 Å². The maximum atomic E-state index is 11.9. The number of carboxylic acid groups (broad SMARTS) is 1. The number of fused-ring (bicyclic) bond motifs is 1. The quantitative estimate of drug-likeness (QED) is 0.621. The van der Waals surface area contributed by atoms with Crippen molar-refractivity contribution in [3.8, 4) is 0 Å². The van der Waals surface area contributed by atoms with Crippen molar-refractivity contribution in [3.63, 3.8) is 0 Å². The van der Waals surface area contributed by atoms with Crippen LogP contribution in [0.3, 0.4) is 0 Å². The summed E-state index contributed by atoms with van der Waals surface area (Å²) in [5.74, 6) is -1.83. The van der Waals surface area contributed by atoms with E-state index in [1.807, 2.05) is 0 Å². The van der Waals surface area contributed by atoms with Gasteiger partial charge in [-0.15, -0.1) is 11.3 Å². The average Bonchev–Trinajstić information content (AvgIpc) is 2.95. The zero-order valence-electron chi connectivity index (χ0n) is 12.2. The lowest BCUT2D eigenvalue weighted by Crippen LogP contribution is -2.34. The zero-order chi connectivity index (χ0) is 16.8. The molecule has 0 saturated heterocycles. The van der Waals surface area contributed by atoms with Gasteiger partial charge in [-0.25, -0.2) is 14.8 Å². The Hall–Kier alpha value is -2.75. The normalized spacial score (nSPS) is 10.3. The number of ether oxygens (including phenoxy) is 1. The van der Waals surface area contributed by atoms with Crippen LogP contribution in [0.4, 0.5) is 5.82 Å². The number of nitrogens with one attached hydrogen (secondary N) is 2. The number of hydrogen-bond acceptors (Lipinski definition) is 8. The number of hydrogen-bond donors (Lipinski definition) is 3. The fraction of sp³-hybridized carbons (Fsp3) is 0.308. The van der Waals surface area contributed by atoms with Gasteiger partial charge in [-0.2, -0.15) is 0 Å². The Labute approximate surface area is 134 Å². The van der Waals surface area contributed by atoms with Crippen molar-refractivity contribution in [2.75, 3.05) is 25.0 Å². The molecule has 23 heavy (non-hydrogen) atoms. The van der Waals surface area contributed by atoms with Crippen molar-refractivity contribution in [3.05, 3.63) is 17.3 Å². The van der Waals surface area contributed by atoms with E-state index in [4.69, 9.17) is 9.84 Å². The summed E-state index contributed by atoms with van der Waals surface area (Å²) in [7, 11) is 0. The van der Waals surface area contributed by atoms with Gasteiger partial charge in [0, 0.05) is 5.38 Å². The maximum Gasteiger partial charge on any atom is 0.339 e. The van der Waals surface area contributed by atoms with Gasteiger partial charge in [0.05, 0.1) is 24.1 Å². The molecule has 10 heteroatoms. The van der Waals surface area contributed by atoms with E-state index in [9.17, 15) is 14.4 Å². The second-order valence-electron chi connectivity index (χ2n) is 4.30. The highest BCUT2D eigenvalue weighted by molar-refractivity contribution is 7.17. The molecule has 3 N–H and O–H groups in total. The molecule has 0 bridgehead atoms. The molecule has 2 aromatic heterocycles. The molecule has 0 atom stereocenters. The fourth-order valence-electron chi connectivity index (χ4n) is 1.77. The van der Waals surface area contributed by atoms with Gasteiger partial charge in [0.25, 0.3) is 0 Å². The van der Waals surface area contributed by atoms with Crippen molar-refractivity contribution < 1.29 is 24.2 Å². The molecule has 0 aromatic carbocycles. The summed E-state index contributed by atoms with van der Waals surface area (Å²) in [4.78, 5) is 42.6.